The fraction of sp³-hybridized carbons (Fsp3) is 0.0588. The zero-order valence-electron chi connectivity index (χ0n) is 13.1. The Hall–Kier alpha value is -3.26. The summed E-state index contributed by atoms with van der Waals surface area (Å²) in [7, 11) is 1.56. The van der Waals surface area contributed by atoms with Crippen molar-refractivity contribution in [1.82, 2.24) is 15.2 Å². The maximum absolute atomic E-state index is 12.3. The molecule has 2 aromatic carbocycles. The van der Waals surface area contributed by atoms with Crippen molar-refractivity contribution in [2.24, 2.45) is 0 Å². The van der Waals surface area contributed by atoms with Crippen LogP contribution in [0, 0.1) is 0 Å². The molecule has 2 heterocycles. The van der Waals surface area contributed by atoms with Gasteiger partial charge in [-0.1, -0.05) is 29.4 Å². The monoisotopic (exact) mass is 352 g/mol. The van der Waals surface area contributed by atoms with Gasteiger partial charge in [0.05, 0.1) is 22.9 Å². The first-order chi connectivity index (χ1) is 12.2. The van der Waals surface area contributed by atoms with Crippen molar-refractivity contribution in [1.29, 1.82) is 0 Å². The highest BCUT2D eigenvalue weighted by Crippen LogP contribution is 2.29. The summed E-state index contributed by atoms with van der Waals surface area (Å²) in [6, 6.07) is 14.8. The Balaban J connectivity index is 1.57. The molecule has 0 unspecified atom stereocenters. The lowest BCUT2D eigenvalue weighted by molar-refractivity contribution is 0.102. The first kappa shape index (κ1) is 15.3. The molecule has 0 fully saturated rings. The van der Waals surface area contributed by atoms with Crippen LogP contribution in [-0.4, -0.2) is 28.2 Å². The number of hydrogen-bond donors (Lipinski definition) is 1. The number of rotatable bonds is 4. The summed E-state index contributed by atoms with van der Waals surface area (Å²) in [5, 5.41) is 10.7. The van der Waals surface area contributed by atoms with Gasteiger partial charge in [0.1, 0.15) is 5.75 Å². The van der Waals surface area contributed by atoms with Crippen LogP contribution in [0.4, 0.5) is 6.01 Å². The van der Waals surface area contributed by atoms with Crippen molar-refractivity contribution in [3.05, 3.63) is 53.5 Å². The van der Waals surface area contributed by atoms with Gasteiger partial charge in [-0.25, -0.2) is 4.98 Å². The highest BCUT2D eigenvalue weighted by Gasteiger charge is 2.17. The number of benzene rings is 2. The summed E-state index contributed by atoms with van der Waals surface area (Å²) in [4.78, 5) is 16.6. The molecule has 0 aliphatic heterocycles. The van der Waals surface area contributed by atoms with E-state index in [0.29, 0.717) is 16.3 Å². The topological polar surface area (TPSA) is 90.1 Å². The third kappa shape index (κ3) is 2.94. The number of methoxy groups -OCH3 is 1. The highest BCUT2D eigenvalue weighted by molar-refractivity contribution is 7.20. The second kappa shape index (κ2) is 6.33. The summed E-state index contributed by atoms with van der Waals surface area (Å²) in [6.45, 7) is 0. The van der Waals surface area contributed by atoms with E-state index in [4.69, 9.17) is 9.15 Å². The quantitative estimate of drug-likeness (QED) is 0.603. The van der Waals surface area contributed by atoms with Gasteiger partial charge in [-0.05, 0) is 24.3 Å². The van der Waals surface area contributed by atoms with E-state index in [1.54, 1.807) is 19.2 Å². The molecule has 25 heavy (non-hydrogen) atoms. The molecular formula is C17H12N4O3S. The first-order valence-corrected chi connectivity index (χ1v) is 8.20. The lowest BCUT2D eigenvalue weighted by Crippen LogP contribution is -2.11. The van der Waals surface area contributed by atoms with Crippen molar-refractivity contribution in [2.75, 3.05) is 12.4 Å². The third-order valence-electron chi connectivity index (χ3n) is 3.47. The largest absolute Gasteiger partial charge is 0.496 e. The van der Waals surface area contributed by atoms with Gasteiger partial charge in [0, 0.05) is 0 Å². The predicted octanol–water partition coefficient (Wildman–Crippen LogP) is 3.61. The van der Waals surface area contributed by atoms with E-state index in [2.05, 4.69) is 20.5 Å². The number of ether oxygens (including phenoxy) is 1. The van der Waals surface area contributed by atoms with Crippen LogP contribution in [0.15, 0.2) is 52.9 Å². The number of thiazole rings is 1. The Labute approximate surface area is 146 Å². The van der Waals surface area contributed by atoms with Crippen molar-refractivity contribution >= 4 is 33.5 Å². The number of hydrogen-bond acceptors (Lipinski definition) is 7. The van der Waals surface area contributed by atoms with E-state index in [-0.39, 0.29) is 11.9 Å². The Morgan fingerprint density at radius 1 is 1.12 bits per heavy atom. The average molecular weight is 352 g/mol. The van der Waals surface area contributed by atoms with Crippen LogP contribution in [0.25, 0.3) is 21.7 Å². The van der Waals surface area contributed by atoms with Crippen molar-refractivity contribution in [2.45, 2.75) is 0 Å². The second-order valence-corrected chi connectivity index (χ2v) is 6.08. The van der Waals surface area contributed by atoms with E-state index in [0.717, 1.165) is 10.2 Å². The number of fused-ring (bicyclic) bond motifs is 1. The third-order valence-corrected chi connectivity index (χ3v) is 4.51. The molecule has 1 N–H and O–H groups in total. The van der Waals surface area contributed by atoms with E-state index < -0.39 is 5.91 Å². The van der Waals surface area contributed by atoms with E-state index in [9.17, 15) is 4.79 Å². The van der Waals surface area contributed by atoms with E-state index >= 15 is 0 Å². The number of amides is 1. The fourth-order valence-corrected chi connectivity index (χ4v) is 3.18. The van der Waals surface area contributed by atoms with Crippen molar-refractivity contribution in [3.63, 3.8) is 0 Å². The minimum atomic E-state index is -0.392. The summed E-state index contributed by atoms with van der Waals surface area (Å²) < 4.78 is 11.7. The SMILES string of the molecule is COc1ccccc1-c1nnc(NC(=O)c2nc3ccccc3s2)o1. The lowest BCUT2D eigenvalue weighted by atomic mass is 10.2. The average Bonchev–Trinajstić information content (AvgIpc) is 3.28. The molecule has 7 nitrogen and oxygen atoms in total. The second-order valence-electron chi connectivity index (χ2n) is 5.05. The summed E-state index contributed by atoms with van der Waals surface area (Å²) in [5.41, 5.74) is 1.43. The standard InChI is InChI=1S/C17H12N4O3S/c1-23-12-8-4-2-6-10(12)15-20-21-17(24-15)19-14(22)16-18-11-7-3-5-9-13(11)25-16/h2-9H,1H3,(H,19,21,22). The molecule has 0 aliphatic carbocycles. The molecule has 0 saturated heterocycles. The van der Waals surface area contributed by atoms with Crippen LogP contribution < -0.4 is 10.1 Å². The number of para-hydroxylation sites is 2. The van der Waals surface area contributed by atoms with Crippen LogP contribution in [0.5, 0.6) is 5.75 Å². The molecular weight excluding hydrogens is 340 g/mol. The molecule has 0 spiro atoms. The van der Waals surface area contributed by atoms with Gasteiger partial charge in [-0.2, -0.15) is 0 Å². The van der Waals surface area contributed by atoms with E-state index in [1.807, 2.05) is 36.4 Å². The predicted molar refractivity (Wildman–Crippen MR) is 93.9 cm³/mol. The van der Waals surface area contributed by atoms with Gasteiger partial charge in [-0.15, -0.1) is 16.4 Å². The van der Waals surface area contributed by atoms with E-state index in [1.165, 1.54) is 11.3 Å². The van der Waals surface area contributed by atoms with Crippen LogP contribution in [0.2, 0.25) is 0 Å². The van der Waals surface area contributed by atoms with Gasteiger partial charge >= 0.3 is 6.01 Å². The minimum Gasteiger partial charge on any atom is -0.496 e. The van der Waals surface area contributed by atoms with Gasteiger partial charge in [0.25, 0.3) is 11.8 Å². The number of nitrogens with one attached hydrogen (secondary N) is 1. The zero-order valence-corrected chi connectivity index (χ0v) is 13.9. The number of aromatic nitrogens is 3. The Kier molecular flexibility index (Phi) is 3.87. The number of nitrogens with zero attached hydrogens (tertiary/aromatic N) is 3. The Morgan fingerprint density at radius 3 is 2.76 bits per heavy atom. The molecule has 4 aromatic rings. The smallest absolute Gasteiger partial charge is 0.322 e. The molecule has 0 aliphatic rings. The van der Waals surface area contributed by atoms with Gasteiger partial charge in [0.2, 0.25) is 0 Å². The molecule has 0 radical (unpaired) electrons. The van der Waals surface area contributed by atoms with Crippen molar-refractivity contribution in [3.8, 4) is 17.2 Å². The first-order valence-electron chi connectivity index (χ1n) is 7.38. The minimum absolute atomic E-state index is 0.00478. The maximum atomic E-state index is 12.3. The lowest BCUT2D eigenvalue weighted by Gasteiger charge is -2.03. The molecule has 124 valence electrons. The molecule has 1 amide bonds. The van der Waals surface area contributed by atoms with Crippen LogP contribution in [0.3, 0.4) is 0 Å². The molecule has 2 aromatic heterocycles. The molecule has 0 saturated carbocycles. The highest BCUT2D eigenvalue weighted by atomic mass is 32.1. The normalized spacial score (nSPS) is 10.8. The van der Waals surface area contributed by atoms with Gasteiger partial charge < -0.3 is 9.15 Å². The number of carbonyl (C=O) groups excluding carboxylic acids is 1. The molecule has 4 rings (SSSR count). The van der Waals surface area contributed by atoms with Crippen LogP contribution >= 0.6 is 11.3 Å². The zero-order chi connectivity index (χ0) is 17.2. The molecule has 0 bridgehead atoms. The van der Waals surface area contributed by atoms with Gasteiger partial charge in [-0.3, -0.25) is 10.1 Å². The fourth-order valence-electron chi connectivity index (χ4n) is 2.32. The number of carbonyl (C=O) groups is 1. The maximum Gasteiger partial charge on any atom is 0.322 e. The molecule has 0 atom stereocenters. The van der Waals surface area contributed by atoms with Gasteiger partial charge in [0.15, 0.2) is 5.01 Å². The van der Waals surface area contributed by atoms with Crippen LogP contribution in [0.1, 0.15) is 9.80 Å². The number of anilines is 1. The van der Waals surface area contributed by atoms with Crippen molar-refractivity contribution < 1.29 is 13.9 Å². The summed E-state index contributed by atoms with van der Waals surface area (Å²) >= 11 is 1.30. The van der Waals surface area contributed by atoms with Crippen LogP contribution in [-0.2, 0) is 0 Å². The Bertz CT molecular complexity index is 1020. The Morgan fingerprint density at radius 2 is 1.92 bits per heavy atom. The molecule has 8 heteroatoms. The summed E-state index contributed by atoms with van der Waals surface area (Å²) in [6.07, 6.45) is 0. The summed E-state index contributed by atoms with van der Waals surface area (Å²) in [5.74, 6) is 0.476.